The van der Waals surface area contributed by atoms with Crippen LogP contribution in [0.2, 0.25) is 0 Å². The number of carbonyl (C=O) groups is 3. The van der Waals surface area contributed by atoms with Gasteiger partial charge in [-0.3, -0.25) is 24.6 Å². The molecule has 18 nitrogen and oxygen atoms in total. The van der Waals surface area contributed by atoms with Gasteiger partial charge in [-0.25, -0.2) is 4.79 Å². The quantitative estimate of drug-likeness (QED) is 0.0318. The Morgan fingerprint density at radius 3 is 2.48 bits per heavy atom. The molecule has 0 radical (unpaired) electrons. The summed E-state index contributed by atoms with van der Waals surface area (Å²) in [5, 5.41) is 33.9. The number of aliphatic hydroxyl groups is 1. The highest BCUT2D eigenvalue weighted by Gasteiger charge is 2.58. The number of nitrogens with zero attached hydrogens (tertiary/aromatic N) is 4. The van der Waals surface area contributed by atoms with E-state index in [4.69, 9.17) is 41.6 Å². The minimum atomic E-state index is -1.25. The van der Waals surface area contributed by atoms with Crippen LogP contribution in [-0.2, 0) is 35.1 Å². The number of guanidine groups is 1. The Labute approximate surface area is 367 Å². The summed E-state index contributed by atoms with van der Waals surface area (Å²) in [5.74, 6) is -3.42. The van der Waals surface area contributed by atoms with E-state index in [0.29, 0.717) is 64.0 Å². The number of esters is 1. The summed E-state index contributed by atoms with van der Waals surface area (Å²) in [6.45, 7) is 18.4. The van der Waals surface area contributed by atoms with Crippen LogP contribution in [0.15, 0.2) is 30.5 Å². The highest BCUT2D eigenvalue weighted by Crippen LogP contribution is 2.39. The maximum absolute atomic E-state index is 14.4. The number of hydrogen-bond donors (Lipinski definition) is 7. The second-order valence-corrected chi connectivity index (χ2v) is 18.2. The monoisotopic (exact) mass is 871 g/mol. The molecular weight excluding hydrogens is 797 g/mol. The number of anilines is 1. The van der Waals surface area contributed by atoms with E-state index in [1.165, 1.54) is 6.92 Å². The van der Waals surface area contributed by atoms with E-state index in [-0.39, 0.29) is 23.8 Å². The van der Waals surface area contributed by atoms with Crippen molar-refractivity contribution in [3.8, 4) is 11.3 Å². The molecular formula is C44H74N10O8. The maximum atomic E-state index is 14.4. The number of cyclic esters (lactones) is 1. The lowest BCUT2D eigenvalue weighted by atomic mass is 9.78. The van der Waals surface area contributed by atoms with Crippen LogP contribution in [0.3, 0.4) is 0 Å². The van der Waals surface area contributed by atoms with Gasteiger partial charge in [-0.05, 0) is 97.2 Å². The first-order valence-corrected chi connectivity index (χ1v) is 22.1. The van der Waals surface area contributed by atoms with Gasteiger partial charge in [0.25, 0.3) is 0 Å². The molecule has 2 aliphatic rings. The third kappa shape index (κ3) is 12.2. The molecule has 2 aromatic rings. The Kier molecular flexibility index (Phi) is 17.7. The number of fused-ring (bicyclic) bond motifs is 1. The smallest absolute Gasteiger partial charge is 0.410 e. The van der Waals surface area contributed by atoms with Crippen LogP contribution in [0.25, 0.3) is 11.3 Å². The number of aromatic nitrogens is 3. The van der Waals surface area contributed by atoms with Crippen molar-refractivity contribution in [2.45, 2.75) is 155 Å². The van der Waals surface area contributed by atoms with Gasteiger partial charge in [0.15, 0.2) is 17.3 Å². The first kappa shape index (κ1) is 50.3. The van der Waals surface area contributed by atoms with Crippen LogP contribution < -0.4 is 27.8 Å². The number of benzene rings is 1. The topological polar surface area (TPSA) is 268 Å². The summed E-state index contributed by atoms with van der Waals surface area (Å²) in [6.07, 6.45) is 0.204. The second kappa shape index (κ2) is 21.8. The molecule has 4 rings (SSSR count). The lowest BCUT2D eigenvalue weighted by Gasteiger charge is -2.43. The summed E-state index contributed by atoms with van der Waals surface area (Å²) < 4.78 is 27.0. The van der Waals surface area contributed by atoms with E-state index in [2.05, 4.69) is 27.9 Å². The molecule has 10 N–H and O–H groups in total. The molecule has 0 aliphatic carbocycles. The molecule has 1 aromatic heterocycles. The Balaban J connectivity index is 1.55. The van der Waals surface area contributed by atoms with Gasteiger partial charge in [-0.15, -0.1) is 5.10 Å². The van der Waals surface area contributed by atoms with Crippen LogP contribution in [0, 0.1) is 29.1 Å². The van der Waals surface area contributed by atoms with E-state index >= 15 is 0 Å². The number of ketones is 1. The van der Waals surface area contributed by atoms with Crippen molar-refractivity contribution in [2.24, 2.45) is 35.1 Å². The predicted octanol–water partition coefficient (Wildman–Crippen LogP) is 3.44. The van der Waals surface area contributed by atoms with Gasteiger partial charge in [0, 0.05) is 56.0 Å². The van der Waals surface area contributed by atoms with Crippen molar-refractivity contribution in [1.82, 2.24) is 30.5 Å². The number of unbranched alkanes of at least 4 members (excludes halogenated alkanes) is 1. The normalized spacial score (nSPS) is 30.9. The van der Waals surface area contributed by atoms with Crippen molar-refractivity contribution in [3.05, 3.63) is 30.5 Å². The van der Waals surface area contributed by atoms with Gasteiger partial charge in [0.1, 0.15) is 17.7 Å². The first-order chi connectivity index (χ1) is 29.1. The van der Waals surface area contributed by atoms with E-state index in [0.717, 1.165) is 11.3 Å². The summed E-state index contributed by atoms with van der Waals surface area (Å²) in [7, 11) is 1.57. The maximum Gasteiger partial charge on any atom is 0.410 e. The average molecular weight is 871 g/mol. The number of methoxy groups -OCH3 is 1. The number of nitrogen functional groups attached to an aromatic ring is 1. The highest BCUT2D eigenvalue weighted by molar-refractivity contribution is 6.00. The van der Waals surface area contributed by atoms with Gasteiger partial charge in [0.2, 0.25) is 0 Å². The molecule has 13 atom stereocenters. The fourth-order valence-corrected chi connectivity index (χ4v) is 9.28. The second-order valence-electron chi connectivity index (χ2n) is 18.2. The third-order valence-electron chi connectivity index (χ3n) is 12.9. The lowest BCUT2D eigenvalue weighted by molar-refractivity contribution is -0.190. The molecule has 1 amide bonds. The molecule has 2 saturated heterocycles. The standard InChI is InChI=1S/C44H74N10O8/c1-11-35-44(9)38(54(42(58)62-44)18-13-12-17-53-24-34(51-52-53)31-15-14-16-32(45)20-31)29(6)49-23-26(3)21-43(8,59-10)39(27(4)36(55)28(5)40(57)61-35)60-30(7)37(56)33(46)19-25(2)22-50-41(47)48/h14-16,20,24-30,33,35,37-39,49,56H,11-13,17-19,21-23,45-46H2,1-10H3,(H4,47,48,50)/t25-,26+,27-,28+,29+,30+,33?,35+,37?,38+,39+,43+,44+/m0/s1. The molecule has 0 bridgehead atoms. The number of Topliss-reactive ketones (excluding diaryl/α,β-unsaturated/α-hetero) is 1. The minimum Gasteiger partial charge on any atom is -0.458 e. The average Bonchev–Trinajstić information content (AvgIpc) is 3.81. The molecule has 62 heavy (non-hydrogen) atoms. The number of amides is 1. The van der Waals surface area contributed by atoms with E-state index in [1.807, 2.05) is 65.1 Å². The number of rotatable bonds is 16. The van der Waals surface area contributed by atoms with E-state index in [9.17, 15) is 19.5 Å². The molecule has 2 fully saturated rings. The molecule has 18 heteroatoms. The zero-order chi connectivity index (χ0) is 46.1. The Morgan fingerprint density at radius 1 is 1.15 bits per heavy atom. The van der Waals surface area contributed by atoms with Crippen LogP contribution in [0.1, 0.15) is 94.4 Å². The van der Waals surface area contributed by atoms with Crippen LogP contribution in [0.5, 0.6) is 0 Å². The highest BCUT2D eigenvalue weighted by atomic mass is 16.6. The number of aryl methyl sites for hydroxylation is 1. The predicted molar refractivity (Wildman–Crippen MR) is 237 cm³/mol. The van der Waals surface area contributed by atoms with Crippen molar-refractivity contribution in [1.29, 1.82) is 5.41 Å². The van der Waals surface area contributed by atoms with E-state index < -0.39 is 77.4 Å². The van der Waals surface area contributed by atoms with Crippen molar-refractivity contribution in [2.75, 3.05) is 32.5 Å². The van der Waals surface area contributed by atoms with Crippen molar-refractivity contribution < 1.29 is 38.4 Å². The largest absolute Gasteiger partial charge is 0.458 e. The summed E-state index contributed by atoms with van der Waals surface area (Å²) in [5.41, 5.74) is 17.8. The number of nitrogens with two attached hydrogens (primary N) is 3. The molecule has 1 aromatic carbocycles. The van der Waals surface area contributed by atoms with Gasteiger partial charge in [-0.1, -0.05) is 45.0 Å². The zero-order valence-corrected chi connectivity index (χ0v) is 38.4. The molecule has 3 heterocycles. The Bertz CT molecular complexity index is 1820. The number of hydrogen-bond acceptors (Lipinski definition) is 14. The van der Waals surface area contributed by atoms with E-state index in [1.54, 1.807) is 30.5 Å². The first-order valence-electron chi connectivity index (χ1n) is 22.1. The number of ether oxygens (including phenoxy) is 4. The number of aliphatic hydroxyl groups excluding tert-OH is 1. The molecule has 0 spiro atoms. The molecule has 2 aliphatic heterocycles. The van der Waals surface area contributed by atoms with Crippen LogP contribution >= 0.6 is 0 Å². The molecule has 348 valence electrons. The van der Waals surface area contributed by atoms with Gasteiger partial charge in [-0.2, -0.15) is 0 Å². The molecule has 0 saturated carbocycles. The lowest BCUT2D eigenvalue weighted by Crippen LogP contribution is -2.61. The van der Waals surface area contributed by atoms with Gasteiger partial charge < -0.3 is 51.9 Å². The fraction of sp³-hybridized carbons (Fsp3) is 0.727. The molecule has 2 unspecified atom stereocenters. The fourth-order valence-electron chi connectivity index (χ4n) is 9.28. The summed E-state index contributed by atoms with van der Waals surface area (Å²) >= 11 is 0. The SMILES string of the molecule is CC[C@H]1OC(=O)[C@H](C)C(=O)[C@H](C)[C@@H](O[C@H](C)C(O)C(N)C[C@H](C)CNC(=N)N)[C@](C)(OC)C[C@@H](C)CN[C@H](C)[C@H]2N(CCCCn3cc(-c4cccc(N)c4)nn3)C(=O)O[C@]12C. The third-order valence-corrected chi connectivity index (χ3v) is 12.9. The summed E-state index contributed by atoms with van der Waals surface area (Å²) in [6, 6.07) is 5.94. The minimum absolute atomic E-state index is 0.00759. The van der Waals surface area contributed by atoms with Crippen molar-refractivity contribution >= 4 is 29.5 Å². The zero-order valence-electron chi connectivity index (χ0n) is 38.4. The number of nitrogens with one attached hydrogen (secondary N) is 3. The Morgan fingerprint density at radius 2 is 1.84 bits per heavy atom. The van der Waals surface area contributed by atoms with Gasteiger partial charge >= 0.3 is 12.1 Å². The number of carbonyl (C=O) groups excluding carboxylic acids is 3. The van der Waals surface area contributed by atoms with Crippen molar-refractivity contribution in [3.63, 3.8) is 0 Å². The summed E-state index contributed by atoms with van der Waals surface area (Å²) in [4.78, 5) is 43.9. The Hall–Kier alpha value is -4.36. The van der Waals surface area contributed by atoms with Crippen LogP contribution in [0.4, 0.5) is 10.5 Å². The van der Waals surface area contributed by atoms with Crippen LogP contribution in [-0.4, -0.2) is 129 Å². The van der Waals surface area contributed by atoms with Gasteiger partial charge in [0.05, 0.1) is 36.2 Å².